The van der Waals surface area contributed by atoms with Crippen molar-refractivity contribution in [2.75, 3.05) is 91.0 Å². The van der Waals surface area contributed by atoms with E-state index in [1.807, 2.05) is 0 Å². The Kier molecular flexibility index (Phi) is 88.3. The molecule has 4 atom stereocenters. The van der Waals surface area contributed by atoms with Crippen molar-refractivity contribution >= 4 is 128 Å². The molecule has 1 aliphatic rings. The number of ether oxygens (including phenoxy) is 7. The van der Waals surface area contributed by atoms with E-state index in [0.29, 0.717) is 25.6 Å². The molecule has 396 valence electrons. The first-order valence-corrected chi connectivity index (χ1v) is 20.2. The monoisotopic (exact) mass is 1110 g/mol. The average Bonchev–Trinajstić information content (AvgIpc) is 3.52. The number of Topliss-reactive ketones (excluding diaryl/α,β-unsaturated/α-hetero) is 1. The van der Waals surface area contributed by atoms with Crippen molar-refractivity contribution in [2.24, 2.45) is 11.5 Å². The maximum Gasteiger partial charge on any atom is 1.00 e. The van der Waals surface area contributed by atoms with Gasteiger partial charge < -0.3 is 77.3 Å². The number of amides is 1. The number of esters is 1. The summed E-state index contributed by atoms with van der Waals surface area (Å²) in [5.41, 5.74) is 10.1. The van der Waals surface area contributed by atoms with Crippen LogP contribution in [0, 0.1) is 0 Å². The molecule has 26 nitrogen and oxygen atoms in total. The van der Waals surface area contributed by atoms with Crippen molar-refractivity contribution in [3.05, 3.63) is 0 Å². The van der Waals surface area contributed by atoms with E-state index in [1.165, 1.54) is 28.3 Å². The molecule has 1 amide bonds. The first kappa shape index (κ1) is 90.1. The minimum absolute atomic E-state index is 0. The van der Waals surface area contributed by atoms with Gasteiger partial charge in [0, 0.05) is 47.2 Å². The van der Waals surface area contributed by atoms with Crippen LogP contribution in [0.2, 0.25) is 0 Å². The number of rotatable bonds is 21. The van der Waals surface area contributed by atoms with Crippen molar-refractivity contribution < 1.29 is 150 Å². The second-order valence-corrected chi connectivity index (χ2v) is 13.7. The fourth-order valence-corrected chi connectivity index (χ4v) is 4.61. The van der Waals surface area contributed by atoms with Gasteiger partial charge in [-0.2, -0.15) is 12.6 Å². The standard InChI is InChI=1S/C9H17NO4S.C8H11NO6S.C7H13NO5S.C3H7NO2S.CCl2O.CH2O3.2CH4.2FH.Na.H2O.2H2.H/c1-7(11)8(10-2)6-15-9(12)14-5-4-13-3;1-13-2-3-14-8(12)16-4-5-6(10)15-7(11)9-5;1-12-2-3-13-7(11)14-4-5(8)6(9)10;4-2(1-7)3(5)6;2-1(3)4;2-1-4-3;;;;;;;;;/h8,10H,4-6H2,1-3H3;5H,2-4H2,1H3,(H,9,11);5H,2-4,8H2,1H3,(H,9,10);2,7H,1,4H2,(H,5,6);;1,3H;2*1H4;2*1H;;1H2;2*1H;/q;;;;;;;;;;+1;;;;-1/t;;;2-;;;;;;;;;;;/m...0.........../s1/i;;;;;;;;;;;;2*1+2;. The van der Waals surface area contributed by atoms with Crippen LogP contribution in [-0.4, -0.2) is 193 Å². The zero-order chi connectivity index (χ0) is 47.5. The van der Waals surface area contributed by atoms with Crippen molar-refractivity contribution in [1.82, 2.24) is 10.6 Å². The molecule has 1 rings (SSSR count). The molecule has 0 aromatic carbocycles. The Labute approximate surface area is 434 Å². The number of carbonyl (C=O) groups excluding carboxylic acids is 8. The van der Waals surface area contributed by atoms with E-state index in [9.17, 15) is 38.4 Å². The normalized spacial score (nSPS) is 12.1. The van der Waals surface area contributed by atoms with Crippen molar-refractivity contribution in [2.45, 2.75) is 45.9 Å². The third kappa shape index (κ3) is 70.6. The summed E-state index contributed by atoms with van der Waals surface area (Å²) in [6, 6.07) is -2.95. The Morgan fingerprint density at radius 1 is 0.833 bits per heavy atom. The van der Waals surface area contributed by atoms with Crippen LogP contribution in [0.25, 0.3) is 0 Å². The first-order chi connectivity index (χ1) is 28.1. The fraction of sp³-hybridized carbons (Fsp3) is 0.677. The largest absolute Gasteiger partial charge is 1.00 e. The molecule has 1 saturated heterocycles. The molecule has 1 heterocycles. The van der Waals surface area contributed by atoms with Crippen molar-refractivity contribution in [3.63, 3.8) is 0 Å². The summed E-state index contributed by atoms with van der Waals surface area (Å²) >= 11 is 15.0. The minimum atomic E-state index is -1.14. The van der Waals surface area contributed by atoms with Gasteiger partial charge in [-0.3, -0.25) is 33.4 Å². The molecule has 66 heavy (non-hydrogen) atoms. The Bertz CT molecular complexity index is 1300. The van der Waals surface area contributed by atoms with Crippen LogP contribution in [0.15, 0.2) is 0 Å². The van der Waals surface area contributed by atoms with E-state index in [1.54, 1.807) is 7.05 Å². The SMILES string of the molecule is C.C.CNC(CSC(=O)OCCOC)C(C)=O.COCCOC(=O)SCC(N)C(=O)O.COCCOC(=O)SCC1NC(=O)OC1=O.F.F.N[C@@H](CS)C(=O)O.O.O=C(Cl)Cl.O=COO.[3HH].[3HH].[H-].[Na+]. The van der Waals surface area contributed by atoms with Gasteiger partial charge in [-0.05, 0) is 72.5 Å². The van der Waals surface area contributed by atoms with Crippen LogP contribution < -0.4 is 51.7 Å². The Morgan fingerprint density at radius 3 is 1.42 bits per heavy atom. The summed E-state index contributed by atoms with van der Waals surface area (Å²) in [6.07, 6.45) is -0.789. The quantitative estimate of drug-likeness (QED) is 0.00695. The van der Waals surface area contributed by atoms with Crippen LogP contribution in [-0.2, 0) is 62.0 Å². The van der Waals surface area contributed by atoms with E-state index in [2.05, 4.69) is 70.3 Å². The summed E-state index contributed by atoms with van der Waals surface area (Å²) in [4.78, 5) is 106. The summed E-state index contributed by atoms with van der Waals surface area (Å²) in [5.74, 6) is -2.14. The zero-order valence-corrected chi connectivity index (χ0v) is 41.9. The van der Waals surface area contributed by atoms with E-state index >= 15 is 0 Å². The molecular formula is C31H67Cl2F2N4NaO22S4. The van der Waals surface area contributed by atoms with Crippen LogP contribution in [0.1, 0.15) is 26.1 Å². The Morgan fingerprint density at radius 2 is 1.18 bits per heavy atom. The van der Waals surface area contributed by atoms with E-state index in [-0.39, 0.29) is 124 Å². The second-order valence-electron chi connectivity index (χ2n) is 9.56. The number of ketones is 1. The molecule has 11 N–H and O–H groups in total. The summed E-state index contributed by atoms with van der Waals surface area (Å²) < 4.78 is 31.6. The van der Waals surface area contributed by atoms with Gasteiger partial charge in [0.2, 0.25) is 0 Å². The molecule has 0 spiro atoms. The minimum Gasteiger partial charge on any atom is -1.00 e. The zero-order valence-electron chi connectivity index (χ0n) is 36.0. The second kappa shape index (κ2) is 64.7. The number of cyclic esters (lactones) is 2. The van der Waals surface area contributed by atoms with Gasteiger partial charge in [-0.25, -0.2) is 29.2 Å². The van der Waals surface area contributed by atoms with Gasteiger partial charge in [-0.15, -0.1) is 0 Å². The van der Waals surface area contributed by atoms with Crippen molar-refractivity contribution in [3.8, 4) is 0 Å². The third-order valence-electron chi connectivity index (χ3n) is 5.12. The molecule has 0 bridgehead atoms. The van der Waals surface area contributed by atoms with Gasteiger partial charge in [0.05, 0.1) is 25.9 Å². The molecular weight excluding hydrogens is 1040 g/mol. The Balaban J connectivity index is -0.0000000452. The molecule has 1 fully saturated rings. The summed E-state index contributed by atoms with van der Waals surface area (Å²) in [7, 11) is 6.20. The number of aliphatic carboxylic acids is 2. The number of carboxylic acid groups (broad SMARTS) is 2. The van der Waals surface area contributed by atoms with Crippen LogP contribution >= 0.6 is 71.1 Å². The number of thiol groups is 1. The van der Waals surface area contributed by atoms with Crippen molar-refractivity contribution in [1.29, 1.82) is 0 Å². The number of alkyl carbamates (subject to hydrolysis) is 1. The molecule has 0 aromatic rings. The number of thioether (sulfide) groups is 3. The van der Waals surface area contributed by atoms with Gasteiger partial charge in [0.1, 0.15) is 43.7 Å². The number of carbonyl (C=O) groups is 10. The molecule has 35 heteroatoms. The van der Waals surface area contributed by atoms with Crippen LogP contribution in [0.3, 0.4) is 0 Å². The molecule has 1 aliphatic heterocycles. The number of carboxylic acids is 2. The fourth-order valence-electron chi connectivity index (χ4n) is 2.27. The van der Waals surface area contributed by atoms with E-state index in [0.717, 1.165) is 35.3 Å². The summed E-state index contributed by atoms with van der Waals surface area (Å²) in [5, 5.41) is 27.1. The Hall–Kier alpha value is -2.38. The predicted octanol–water partition coefficient (Wildman–Crippen LogP) is -0.363. The number of halogens is 4. The number of likely N-dealkylation sites (N-methyl/N-ethyl adjacent to an activating group) is 1. The van der Waals surface area contributed by atoms with Gasteiger partial charge in [-0.1, -0.05) is 14.9 Å². The van der Waals surface area contributed by atoms with Gasteiger partial charge in [0.25, 0.3) is 0 Å². The number of methoxy groups -OCH3 is 3. The van der Waals surface area contributed by atoms with E-state index < -0.39 is 57.4 Å². The topological polar surface area (TPSA) is 413 Å². The molecule has 0 aromatic heterocycles. The average molecular weight is 1110 g/mol. The maximum absolute atomic E-state index is 11.1. The number of nitrogens with two attached hydrogens (primary N) is 2. The third-order valence-corrected chi connectivity index (χ3v) is 8.10. The maximum atomic E-state index is 11.1. The number of nitrogens with one attached hydrogen (secondary N) is 2. The number of hydrogen-bond donors (Lipinski definition) is 8. The van der Waals surface area contributed by atoms with Gasteiger partial charge in [0.15, 0.2) is 0 Å². The first-order valence-electron chi connectivity index (χ1n) is 15.9. The smallest absolute Gasteiger partial charge is 1.00 e. The molecule has 0 radical (unpaired) electrons. The molecule has 3 unspecified atom stereocenters. The van der Waals surface area contributed by atoms with E-state index in [4.69, 9.17) is 50.7 Å². The predicted molar refractivity (Wildman–Crippen MR) is 248 cm³/mol. The molecule has 0 saturated carbocycles. The number of hydrogen-bond acceptors (Lipinski definition) is 26. The van der Waals surface area contributed by atoms with Crippen LogP contribution in [0.5, 0.6) is 0 Å². The summed E-state index contributed by atoms with van der Waals surface area (Å²) in [6.45, 7) is 2.99. The molecule has 0 aliphatic carbocycles. The van der Waals surface area contributed by atoms with Gasteiger partial charge >= 0.3 is 80.6 Å². The van der Waals surface area contributed by atoms with Crippen LogP contribution in [0.4, 0.5) is 33.4 Å².